The molecule has 3 rings (SSSR count). The molecule has 1 heterocycles. The van der Waals surface area contributed by atoms with Crippen molar-refractivity contribution in [1.82, 2.24) is 0 Å². The average molecular weight is 324 g/mol. The second kappa shape index (κ2) is 6.74. The van der Waals surface area contributed by atoms with Crippen LogP contribution in [0.3, 0.4) is 0 Å². The molecule has 0 fully saturated rings. The number of benzene rings is 2. The summed E-state index contributed by atoms with van der Waals surface area (Å²) in [6.07, 6.45) is 1.27. The van der Waals surface area contributed by atoms with Crippen molar-refractivity contribution in [3.8, 4) is 5.75 Å². The summed E-state index contributed by atoms with van der Waals surface area (Å²) in [5.41, 5.74) is 3.27. The van der Waals surface area contributed by atoms with E-state index in [1.165, 1.54) is 0 Å². The second-order valence-corrected chi connectivity index (χ2v) is 5.68. The van der Waals surface area contributed by atoms with Gasteiger partial charge in [-0.2, -0.15) is 0 Å². The number of carbonyl (C=O) groups is 2. The third-order valence-electron chi connectivity index (χ3n) is 4.19. The van der Waals surface area contributed by atoms with Gasteiger partial charge in [0.05, 0.1) is 7.11 Å². The first-order valence-corrected chi connectivity index (χ1v) is 8.01. The predicted molar refractivity (Wildman–Crippen MR) is 93.7 cm³/mol. The van der Waals surface area contributed by atoms with Gasteiger partial charge in [0, 0.05) is 29.9 Å². The maximum Gasteiger partial charge on any atom is 0.255 e. The van der Waals surface area contributed by atoms with Crippen LogP contribution in [0.4, 0.5) is 11.4 Å². The smallest absolute Gasteiger partial charge is 0.255 e. The van der Waals surface area contributed by atoms with Gasteiger partial charge in [0.15, 0.2) is 0 Å². The Hall–Kier alpha value is -2.82. The van der Waals surface area contributed by atoms with Gasteiger partial charge in [-0.05, 0) is 54.4 Å². The van der Waals surface area contributed by atoms with E-state index in [0.29, 0.717) is 24.2 Å². The Balaban J connectivity index is 1.75. The highest BCUT2D eigenvalue weighted by atomic mass is 16.5. The van der Waals surface area contributed by atoms with Crippen LogP contribution in [0.25, 0.3) is 0 Å². The van der Waals surface area contributed by atoms with Gasteiger partial charge in [-0.1, -0.05) is 6.92 Å². The Labute approximate surface area is 141 Å². The monoisotopic (exact) mass is 324 g/mol. The van der Waals surface area contributed by atoms with E-state index in [2.05, 4.69) is 5.32 Å². The fourth-order valence-corrected chi connectivity index (χ4v) is 2.87. The predicted octanol–water partition coefficient (Wildman–Crippen LogP) is 3.25. The van der Waals surface area contributed by atoms with Crippen LogP contribution in [0.5, 0.6) is 5.75 Å². The Morgan fingerprint density at radius 3 is 2.58 bits per heavy atom. The molecule has 2 amide bonds. The quantitative estimate of drug-likeness (QED) is 0.939. The third-order valence-corrected chi connectivity index (χ3v) is 4.19. The molecule has 1 aliphatic rings. The first-order chi connectivity index (χ1) is 11.6. The Bertz CT molecular complexity index is 769. The maximum atomic E-state index is 12.4. The zero-order chi connectivity index (χ0) is 17.1. The lowest BCUT2D eigenvalue weighted by Crippen LogP contribution is -2.27. The van der Waals surface area contributed by atoms with Gasteiger partial charge in [0.2, 0.25) is 5.91 Å². The fourth-order valence-electron chi connectivity index (χ4n) is 2.87. The van der Waals surface area contributed by atoms with Crippen LogP contribution < -0.4 is 15.0 Å². The number of fused-ring (bicyclic) bond motifs is 1. The molecule has 1 N–H and O–H groups in total. The molecule has 0 bridgehead atoms. The van der Waals surface area contributed by atoms with Crippen LogP contribution in [-0.2, 0) is 11.2 Å². The number of ether oxygens (including phenoxy) is 1. The molecule has 124 valence electrons. The number of hydrogen-bond donors (Lipinski definition) is 1. The molecule has 5 nitrogen and oxygen atoms in total. The van der Waals surface area contributed by atoms with E-state index in [4.69, 9.17) is 4.74 Å². The number of nitrogens with one attached hydrogen (secondary N) is 1. The first-order valence-electron chi connectivity index (χ1n) is 8.01. The summed E-state index contributed by atoms with van der Waals surface area (Å²) in [5, 5.41) is 2.87. The van der Waals surface area contributed by atoms with E-state index in [0.717, 1.165) is 23.4 Å². The van der Waals surface area contributed by atoms with Crippen LogP contribution in [0.2, 0.25) is 0 Å². The molecule has 2 aromatic carbocycles. The summed E-state index contributed by atoms with van der Waals surface area (Å²) in [4.78, 5) is 26.1. The van der Waals surface area contributed by atoms with Gasteiger partial charge in [0.25, 0.3) is 5.91 Å². The Morgan fingerprint density at radius 1 is 1.17 bits per heavy atom. The molecular formula is C19H20N2O3. The minimum absolute atomic E-state index is 0.115. The van der Waals surface area contributed by atoms with E-state index in [-0.39, 0.29) is 11.8 Å². The Kier molecular flexibility index (Phi) is 4.51. The lowest BCUT2D eigenvalue weighted by atomic mass is 10.1. The molecule has 0 atom stereocenters. The van der Waals surface area contributed by atoms with Crippen LogP contribution in [-0.4, -0.2) is 25.5 Å². The van der Waals surface area contributed by atoms with Crippen molar-refractivity contribution in [2.45, 2.75) is 19.8 Å². The molecule has 2 aromatic rings. The molecule has 24 heavy (non-hydrogen) atoms. The number of anilines is 2. The SMILES string of the molecule is CCC(=O)N1CCc2cc(C(=O)Nc3ccc(OC)cc3)ccc21. The molecule has 0 aliphatic carbocycles. The molecule has 0 radical (unpaired) electrons. The average Bonchev–Trinajstić information content (AvgIpc) is 3.04. The normalized spacial score (nSPS) is 12.7. The minimum atomic E-state index is -0.164. The fraction of sp³-hybridized carbons (Fsp3) is 0.263. The highest BCUT2D eigenvalue weighted by molar-refractivity contribution is 6.05. The van der Waals surface area contributed by atoms with Crippen molar-refractivity contribution in [2.24, 2.45) is 0 Å². The topological polar surface area (TPSA) is 58.6 Å². The first kappa shape index (κ1) is 16.1. The molecule has 5 heteroatoms. The summed E-state index contributed by atoms with van der Waals surface area (Å²) in [5.74, 6) is 0.693. The highest BCUT2D eigenvalue weighted by Gasteiger charge is 2.24. The van der Waals surface area contributed by atoms with Crippen molar-refractivity contribution in [3.63, 3.8) is 0 Å². The van der Waals surface area contributed by atoms with Crippen LogP contribution in [0.1, 0.15) is 29.3 Å². The van der Waals surface area contributed by atoms with Gasteiger partial charge in [-0.15, -0.1) is 0 Å². The van der Waals surface area contributed by atoms with Gasteiger partial charge in [-0.25, -0.2) is 0 Å². The van der Waals surface area contributed by atoms with E-state index in [1.807, 2.05) is 19.1 Å². The standard InChI is InChI=1S/C19H20N2O3/c1-3-18(22)21-11-10-13-12-14(4-9-17(13)21)19(23)20-15-5-7-16(24-2)8-6-15/h4-9,12H,3,10-11H2,1-2H3,(H,20,23). The molecule has 1 aliphatic heterocycles. The molecule has 0 spiro atoms. The van der Waals surface area contributed by atoms with Gasteiger partial charge >= 0.3 is 0 Å². The van der Waals surface area contributed by atoms with Crippen molar-refractivity contribution < 1.29 is 14.3 Å². The van der Waals surface area contributed by atoms with E-state index in [9.17, 15) is 9.59 Å². The van der Waals surface area contributed by atoms with Crippen molar-refractivity contribution in [1.29, 1.82) is 0 Å². The van der Waals surface area contributed by atoms with Crippen molar-refractivity contribution in [2.75, 3.05) is 23.9 Å². The van der Waals surface area contributed by atoms with E-state index < -0.39 is 0 Å². The number of rotatable bonds is 4. The summed E-state index contributed by atoms with van der Waals surface area (Å²) in [6.45, 7) is 2.54. The number of carbonyl (C=O) groups excluding carboxylic acids is 2. The van der Waals surface area contributed by atoms with Gasteiger partial charge < -0.3 is 15.0 Å². The number of hydrogen-bond acceptors (Lipinski definition) is 3. The summed E-state index contributed by atoms with van der Waals surface area (Å²) >= 11 is 0. The molecule has 0 unspecified atom stereocenters. The van der Waals surface area contributed by atoms with Crippen LogP contribution >= 0.6 is 0 Å². The van der Waals surface area contributed by atoms with Crippen molar-refractivity contribution >= 4 is 23.2 Å². The highest BCUT2D eigenvalue weighted by Crippen LogP contribution is 2.29. The van der Waals surface area contributed by atoms with E-state index in [1.54, 1.807) is 42.3 Å². The zero-order valence-electron chi connectivity index (χ0n) is 13.8. The molecule has 0 saturated heterocycles. The molecular weight excluding hydrogens is 304 g/mol. The molecule has 0 aromatic heterocycles. The largest absolute Gasteiger partial charge is 0.497 e. The summed E-state index contributed by atoms with van der Waals surface area (Å²) in [7, 11) is 1.60. The van der Waals surface area contributed by atoms with Crippen molar-refractivity contribution in [3.05, 3.63) is 53.6 Å². The number of amides is 2. The number of methoxy groups -OCH3 is 1. The lowest BCUT2D eigenvalue weighted by molar-refractivity contribution is -0.118. The van der Waals surface area contributed by atoms with Crippen LogP contribution in [0.15, 0.2) is 42.5 Å². The third kappa shape index (κ3) is 3.11. The molecule has 0 saturated carbocycles. The lowest BCUT2D eigenvalue weighted by Gasteiger charge is -2.16. The zero-order valence-corrected chi connectivity index (χ0v) is 13.8. The number of nitrogens with zero attached hydrogens (tertiary/aromatic N) is 1. The minimum Gasteiger partial charge on any atom is -0.497 e. The van der Waals surface area contributed by atoms with Gasteiger partial charge in [0.1, 0.15) is 5.75 Å². The van der Waals surface area contributed by atoms with Gasteiger partial charge in [-0.3, -0.25) is 9.59 Å². The second-order valence-electron chi connectivity index (χ2n) is 5.68. The summed E-state index contributed by atoms with van der Waals surface area (Å²) in [6, 6.07) is 12.7. The summed E-state index contributed by atoms with van der Waals surface area (Å²) < 4.78 is 5.10. The van der Waals surface area contributed by atoms with Crippen LogP contribution in [0, 0.1) is 0 Å². The maximum absolute atomic E-state index is 12.4. The van der Waals surface area contributed by atoms with E-state index >= 15 is 0 Å². The Morgan fingerprint density at radius 2 is 1.92 bits per heavy atom.